The zero-order valence-corrected chi connectivity index (χ0v) is 9.80. The van der Waals surface area contributed by atoms with Crippen molar-refractivity contribution in [2.75, 3.05) is 6.54 Å². The summed E-state index contributed by atoms with van der Waals surface area (Å²) in [6, 6.07) is 8.52. The molecule has 1 unspecified atom stereocenters. The Morgan fingerprint density at radius 3 is 2.82 bits per heavy atom. The van der Waals surface area contributed by atoms with Crippen LogP contribution in [0.5, 0.6) is 0 Å². The third kappa shape index (κ3) is 1.93. The van der Waals surface area contributed by atoms with Crippen LogP contribution in [0.3, 0.4) is 0 Å². The molecular formula is C12H15N5. The van der Waals surface area contributed by atoms with E-state index >= 15 is 0 Å². The van der Waals surface area contributed by atoms with Crippen molar-refractivity contribution in [3.05, 3.63) is 35.7 Å². The highest BCUT2D eigenvalue weighted by Crippen LogP contribution is 2.22. The smallest absolute Gasteiger partial charge is 0.173 e. The molecule has 1 aromatic heterocycles. The van der Waals surface area contributed by atoms with Crippen molar-refractivity contribution in [3.8, 4) is 5.69 Å². The number of hydrogen-bond donors (Lipinski definition) is 1. The molecule has 1 saturated heterocycles. The number of rotatable bonds is 2. The second-order valence-corrected chi connectivity index (χ2v) is 4.43. The van der Waals surface area contributed by atoms with Gasteiger partial charge in [-0.05, 0) is 48.9 Å². The molecule has 1 aliphatic heterocycles. The van der Waals surface area contributed by atoms with E-state index < -0.39 is 0 Å². The van der Waals surface area contributed by atoms with E-state index in [1.165, 1.54) is 12.0 Å². The average Bonchev–Trinajstić information content (AvgIpc) is 3.00. The summed E-state index contributed by atoms with van der Waals surface area (Å²) in [7, 11) is 0. The predicted octanol–water partition coefficient (Wildman–Crippen LogP) is 1.40. The van der Waals surface area contributed by atoms with Crippen LogP contribution in [-0.4, -0.2) is 26.8 Å². The summed E-state index contributed by atoms with van der Waals surface area (Å²) in [5.41, 5.74) is 2.26. The van der Waals surface area contributed by atoms with Crippen molar-refractivity contribution in [2.45, 2.75) is 25.8 Å². The van der Waals surface area contributed by atoms with Gasteiger partial charge in [0.15, 0.2) is 5.82 Å². The first-order valence-electron chi connectivity index (χ1n) is 5.93. The van der Waals surface area contributed by atoms with E-state index in [1.807, 2.05) is 16.8 Å². The minimum atomic E-state index is 0.284. The van der Waals surface area contributed by atoms with Crippen molar-refractivity contribution >= 4 is 0 Å². The standard InChI is InChI=1S/C12H15N5/c1-9-4-6-10(7-5-9)17-12(14-15-16-17)11-3-2-8-13-11/h4-7,11,13H,2-3,8H2,1H3. The Morgan fingerprint density at radius 2 is 2.12 bits per heavy atom. The molecule has 0 bridgehead atoms. The molecule has 0 radical (unpaired) electrons. The summed E-state index contributed by atoms with van der Waals surface area (Å²) in [6.45, 7) is 3.12. The lowest BCUT2D eigenvalue weighted by Crippen LogP contribution is -2.18. The van der Waals surface area contributed by atoms with E-state index in [1.54, 1.807) is 0 Å². The van der Waals surface area contributed by atoms with Gasteiger partial charge in [-0.2, -0.15) is 4.68 Å². The maximum absolute atomic E-state index is 4.14. The third-order valence-corrected chi connectivity index (χ3v) is 3.14. The average molecular weight is 229 g/mol. The molecule has 0 amide bonds. The van der Waals surface area contributed by atoms with E-state index in [9.17, 15) is 0 Å². The number of nitrogens with one attached hydrogen (secondary N) is 1. The molecule has 1 N–H and O–H groups in total. The van der Waals surface area contributed by atoms with Crippen LogP contribution in [0.25, 0.3) is 5.69 Å². The van der Waals surface area contributed by atoms with Gasteiger partial charge >= 0.3 is 0 Å². The Kier molecular flexibility index (Phi) is 2.60. The SMILES string of the molecule is Cc1ccc(-n2nnnc2C2CCCN2)cc1. The first-order valence-corrected chi connectivity index (χ1v) is 5.93. The predicted molar refractivity (Wildman–Crippen MR) is 63.9 cm³/mol. The maximum atomic E-state index is 4.14. The molecule has 17 heavy (non-hydrogen) atoms. The molecule has 2 heterocycles. The quantitative estimate of drug-likeness (QED) is 0.845. The second kappa shape index (κ2) is 4.25. The molecule has 1 fully saturated rings. The molecule has 3 rings (SSSR count). The first-order chi connectivity index (χ1) is 8.34. The molecule has 88 valence electrons. The fourth-order valence-electron chi connectivity index (χ4n) is 2.19. The van der Waals surface area contributed by atoms with Crippen molar-refractivity contribution in [3.63, 3.8) is 0 Å². The number of benzene rings is 1. The maximum Gasteiger partial charge on any atom is 0.173 e. The number of nitrogens with zero attached hydrogens (tertiary/aromatic N) is 4. The fourth-order valence-corrected chi connectivity index (χ4v) is 2.19. The summed E-state index contributed by atoms with van der Waals surface area (Å²) in [5.74, 6) is 0.909. The van der Waals surface area contributed by atoms with Gasteiger partial charge in [0.05, 0.1) is 11.7 Å². The first kappa shape index (κ1) is 10.4. The Morgan fingerprint density at radius 1 is 1.29 bits per heavy atom. The van der Waals surface area contributed by atoms with Crippen LogP contribution in [0.1, 0.15) is 30.3 Å². The lowest BCUT2D eigenvalue weighted by molar-refractivity contribution is 0.583. The largest absolute Gasteiger partial charge is 0.307 e. The van der Waals surface area contributed by atoms with E-state index in [-0.39, 0.29) is 6.04 Å². The minimum absolute atomic E-state index is 0.284. The lowest BCUT2D eigenvalue weighted by atomic mass is 10.2. The summed E-state index contributed by atoms with van der Waals surface area (Å²) < 4.78 is 1.82. The lowest BCUT2D eigenvalue weighted by Gasteiger charge is -2.10. The van der Waals surface area contributed by atoms with Gasteiger partial charge in [-0.1, -0.05) is 17.7 Å². The van der Waals surface area contributed by atoms with Gasteiger partial charge in [0, 0.05) is 0 Å². The van der Waals surface area contributed by atoms with E-state index in [0.29, 0.717) is 0 Å². The Labute approximate surface area is 99.8 Å². The molecule has 2 aromatic rings. The molecule has 5 heteroatoms. The zero-order chi connectivity index (χ0) is 11.7. The number of aromatic nitrogens is 4. The summed E-state index contributed by atoms with van der Waals surface area (Å²) in [5, 5.41) is 15.4. The van der Waals surface area contributed by atoms with Gasteiger partial charge in [0.2, 0.25) is 0 Å². The number of hydrogen-bond acceptors (Lipinski definition) is 4. The molecule has 0 aliphatic carbocycles. The minimum Gasteiger partial charge on any atom is -0.307 e. The highest BCUT2D eigenvalue weighted by atomic mass is 15.5. The van der Waals surface area contributed by atoms with E-state index in [2.05, 4.69) is 39.9 Å². The van der Waals surface area contributed by atoms with Gasteiger partial charge in [0.1, 0.15) is 0 Å². The molecule has 0 saturated carbocycles. The third-order valence-electron chi connectivity index (χ3n) is 3.14. The molecule has 1 aromatic carbocycles. The normalized spacial score (nSPS) is 19.7. The second-order valence-electron chi connectivity index (χ2n) is 4.43. The van der Waals surface area contributed by atoms with Crippen LogP contribution in [0.2, 0.25) is 0 Å². The molecule has 5 nitrogen and oxygen atoms in total. The summed E-state index contributed by atoms with van der Waals surface area (Å²) in [6.07, 6.45) is 2.29. The summed E-state index contributed by atoms with van der Waals surface area (Å²) in [4.78, 5) is 0. The van der Waals surface area contributed by atoms with Crippen LogP contribution < -0.4 is 5.32 Å². The Balaban J connectivity index is 1.97. The summed E-state index contributed by atoms with van der Waals surface area (Å²) >= 11 is 0. The van der Waals surface area contributed by atoms with Crippen molar-refractivity contribution in [2.24, 2.45) is 0 Å². The van der Waals surface area contributed by atoms with E-state index in [4.69, 9.17) is 0 Å². The van der Waals surface area contributed by atoms with E-state index in [0.717, 1.165) is 24.5 Å². The van der Waals surface area contributed by atoms with Crippen molar-refractivity contribution in [1.82, 2.24) is 25.5 Å². The fraction of sp³-hybridized carbons (Fsp3) is 0.417. The van der Waals surface area contributed by atoms with Gasteiger partial charge in [-0.25, -0.2) is 0 Å². The highest BCUT2D eigenvalue weighted by Gasteiger charge is 2.22. The monoisotopic (exact) mass is 229 g/mol. The van der Waals surface area contributed by atoms with Crippen LogP contribution in [0.15, 0.2) is 24.3 Å². The van der Waals surface area contributed by atoms with Crippen LogP contribution in [-0.2, 0) is 0 Å². The highest BCUT2D eigenvalue weighted by molar-refractivity contribution is 5.34. The number of tetrazole rings is 1. The van der Waals surface area contributed by atoms with Crippen molar-refractivity contribution < 1.29 is 0 Å². The Bertz CT molecular complexity index is 496. The van der Waals surface area contributed by atoms with Gasteiger partial charge in [0.25, 0.3) is 0 Å². The Hall–Kier alpha value is -1.75. The van der Waals surface area contributed by atoms with Gasteiger partial charge < -0.3 is 5.32 Å². The zero-order valence-electron chi connectivity index (χ0n) is 9.80. The molecule has 1 atom stereocenters. The van der Waals surface area contributed by atoms with Crippen LogP contribution in [0.4, 0.5) is 0 Å². The van der Waals surface area contributed by atoms with Crippen LogP contribution >= 0.6 is 0 Å². The topological polar surface area (TPSA) is 55.6 Å². The molecular weight excluding hydrogens is 214 g/mol. The number of aryl methyl sites for hydroxylation is 1. The van der Waals surface area contributed by atoms with Gasteiger partial charge in [-0.15, -0.1) is 5.10 Å². The van der Waals surface area contributed by atoms with Crippen LogP contribution in [0, 0.1) is 6.92 Å². The molecule has 1 aliphatic rings. The molecule has 0 spiro atoms. The van der Waals surface area contributed by atoms with Gasteiger partial charge in [-0.3, -0.25) is 0 Å². The van der Waals surface area contributed by atoms with Crippen molar-refractivity contribution in [1.29, 1.82) is 0 Å².